The van der Waals surface area contributed by atoms with Crippen LogP contribution in [0.15, 0.2) is 0 Å². The summed E-state index contributed by atoms with van der Waals surface area (Å²) in [6.45, 7) is 0.971. The van der Waals surface area contributed by atoms with Crippen LogP contribution in [0.5, 0.6) is 0 Å². The van der Waals surface area contributed by atoms with E-state index in [4.69, 9.17) is 0 Å². The largest absolute Gasteiger partial charge is 0.356 e. The Hall–Kier alpha value is -0.530. The van der Waals surface area contributed by atoms with Crippen molar-refractivity contribution in [3.8, 4) is 0 Å². The monoisotopic (exact) mass is 165 g/mol. The maximum Gasteiger partial charge on any atom is 0.220 e. The Bertz CT molecular complexity index is 224. The zero-order valence-electron chi connectivity index (χ0n) is 7.31. The first-order valence-electron chi connectivity index (χ1n) is 5.04. The minimum absolute atomic E-state index is 0.288. The number of fused-ring (bicyclic) bond motifs is 1. The van der Waals surface area contributed by atoms with Gasteiger partial charge in [-0.25, -0.2) is 0 Å². The second-order valence-electron chi connectivity index (χ2n) is 4.96. The van der Waals surface area contributed by atoms with Crippen molar-refractivity contribution in [2.45, 2.75) is 32.1 Å². The molecule has 0 aromatic heterocycles. The molecule has 2 atom stereocenters. The molecule has 1 amide bonds. The topological polar surface area (TPSA) is 29.1 Å². The molecule has 0 bridgehead atoms. The van der Waals surface area contributed by atoms with Crippen LogP contribution in [0.25, 0.3) is 0 Å². The fraction of sp³-hybridized carbons (Fsp3) is 0.900. The normalized spacial score (nSPS) is 50.5. The standard InChI is InChI=1S/C10H15NO/c12-9-5-10(6-11-9)3-7-1-2-8(7)4-10/h7-8H,1-6H2,(H,11,12). The van der Waals surface area contributed by atoms with Crippen LogP contribution in [-0.2, 0) is 4.79 Å². The summed E-state index contributed by atoms with van der Waals surface area (Å²) in [6.07, 6.45) is 6.34. The van der Waals surface area contributed by atoms with Crippen LogP contribution in [0.3, 0.4) is 0 Å². The van der Waals surface area contributed by atoms with Gasteiger partial charge in [0.15, 0.2) is 0 Å². The molecule has 1 spiro atoms. The molecule has 3 fully saturated rings. The molecular weight excluding hydrogens is 150 g/mol. The minimum atomic E-state index is 0.288. The molecule has 2 saturated carbocycles. The molecule has 3 aliphatic rings. The molecule has 1 N–H and O–H groups in total. The maximum atomic E-state index is 11.1. The summed E-state index contributed by atoms with van der Waals surface area (Å²) < 4.78 is 0. The Balaban J connectivity index is 1.80. The van der Waals surface area contributed by atoms with Gasteiger partial charge in [0.05, 0.1) is 0 Å². The molecule has 66 valence electrons. The van der Waals surface area contributed by atoms with Gasteiger partial charge in [0.25, 0.3) is 0 Å². The Morgan fingerprint density at radius 3 is 2.33 bits per heavy atom. The molecule has 1 aliphatic heterocycles. The van der Waals surface area contributed by atoms with Gasteiger partial charge in [-0.1, -0.05) is 0 Å². The van der Waals surface area contributed by atoms with Crippen molar-refractivity contribution >= 4 is 5.91 Å². The molecule has 1 heterocycles. The summed E-state index contributed by atoms with van der Waals surface area (Å²) in [7, 11) is 0. The van der Waals surface area contributed by atoms with Crippen molar-refractivity contribution in [1.29, 1.82) is 0 Å². The highest BCUT2D eigenvalue weighted by molar-refractivity contribution is 5.79. The number of nitrogens with one attached hydrogen (secondary N) is 1. The number of carbonyl (C=O) groups is 1. The van der Waals surface area contributed by atoms with Gasteiger partial charge in [0.2, 0.25) is 5.91 Å². The maximum absolute atomic E-state index is 11.1. The molecule has 12 heavy (non-hydrogen) atoms. The number of rotatable bonds is 0. The van der Waals surface area contributed by atoms with E-state index in [-0.39, 0.29) is 5.91 Å². The lowest BCUT2D eigenvalue weighted by atomic mass is 9.77. The van der Waals surface area contributed by atoms with Gasteiger partial charge in [-0.15, -0.1) is 0 Å². The van der Waals surface area contributed by atoms with E-state index in [9.17, 15) is 4.79 Å². The van der Waals surface area contributed by atoms with Gasteiger partial charge in [-0.2, -0.15) is 0 Å². The van der Waals surface area contributed by atoms with Crippen LogP contribution in [0.2, 0.25) is 0 Å². The lowest BCUT2D eigenvalue weighted by Crippen LogP contribution is -2.20. The molecular formula is C10H15NO. The zero-order chi connectivity index (χ0) is 8.18. The lowest BCUT2D eigenvalue weighted by molar-refractivity contribution is -0.119. The first kappa shape index (κ1) is 6.93. The predicted octanol–water partition coefficient (Wildman–Crippen LogP) is 1.31. The van der Waals surface area contributed by atoms with Crippen molar-refractivity contribution in [2.24, 2.45) is 17.3 Å². The van der Waals surface area contributed by atoms with E-state index in [1.807, 2.05) is 0 Å². The fourth-order valence-electron chi connectivity index (χ4n) is 3.41. The fourth-order valence-corrected chi connectivity index (χ4v) is 3.41. The third-order valence-electron chi connectivity index (χ3n) is 4.16. The first-order chi connectivity index (χ1) is 5.77. The van der Waals surface area contributed by atoms with Crippen molar-refractivity contribution in [2.75, 3.05) is 6.54 Å². The molecule has 0 aromatic carbocycles. The van der Waals surface area contributed by atoms with Crippen molar-refractivity contribution in [3.63, 3.8) is 0 Å². The van der Waals surface area contributed by atoms with E-state index in [0.717, 1.165) is 24.8 Å². The highest BCUT2D eigenvalue weighted by atomic mass is 16.1. The lowest BCUT2D eigenvalue weighted by Gasteiger charge is -2.29. The van der Waals surface area contributed by atoms with Crippen LogP contribution in [0.1, 0.15) is 32.1 Å². The van der Waals surface area contributed by atoms with Crippen molar-refractivity contribution in [3.05, 3.63) is 0 Å². The molecule has 3 rings (SSSR count). The van der Waals surface area contributed by atoms with Crippen LogP contribution < -0.4 is 5.32 Å². The summed E-state index contributed by atoms with van der Waals surface area (Å²) in [5.74, 6) is 2.26. The van der Waals surface area contributed by atoms with E-state index in [0.29, 0.717) is 5.41 Å². The van der Waals surface area contributed by atoms with Gasteiger partial charge < -0.3 is 5.32 Å². The van der Waals surface area contributed by atoms with Gasteiger partial charge >= 0.3 is 0 Å². The predicted molar refractivity (Wildman–Crippen MR) is 45.5 cm³/mol. The van der Waals surface area contributed by atoms with Crippen LogP contribution in [0.4, 0.5) is 0 Å². The second kappa shape index (κ2) is 2.04. The highest BCUT2D eigenvalue weighted by Crippen LogP contribution is 2.57. The van der Waals surface area contributed by atoms with Gasteiger partial charge in [-0.05, 0) is 42.9 Å². The van der Waals surface area contributed by atoms with E-state index in [2.05, 4.69) is 5.32 Å². The summed E-state index contributed by atoms with van der Waals surface area (Å²) in [5.41, 5.74) is 0.406. The van der Waals surface area contributed by atoms with E-state index >= 15 is 0 Å². The third kappa shape index (κ3) is 0.782. The Morgan fingerprint density at radius 1 is 1.25 bits per heavy atom. The van der Waals surface area contributed by atoms with E-state index < -0.39 is 0 Å². The highest BCUT2D eigenvalue weighted by Gasteiger charge is 2.51. The average Bonchev–Trinajstić information content (AvgIpc) is 2.47. The third-order valence-corrected chi connectivity index (χ3v) is 4.16. The van der Waals surface area contributed by atoms with Crippen LogP contribution in [0, 0.1) is 17.3 Å². The number of hydrogen-bond donors (Lipinski definition) is 1. The van der Waals surface area contributed by atoms with Crippen LogP contribution in [-0.4, -0.2) is 12.5 Å². The van der Waals surface area contributed by atoms with Crippen molar-refractivity contribution < 1.29 is 4.79 Å². The average molecular weight is 165 g/mol. The molecule has 2 nitrogen and oxygen atoms in total. The molecule has 0 radical (unpaired) electrons. The number of amides is 1. The Morgan fingerprint density at radius 2 is 1.92 bits per heavy atom. The summed E-state index contributed by atoms with van der Waals surface area (Å²) in [4.78, 5) is 11.1. The quantitative estimate of drug-likeness (QED) is 0.576. The Kier molecular flexibility index (Phi) is 1.18. The Labute approximate surface area is 72.7 Å². The van der Waals surface area contributed by atoms with Gasteiger partial charge in [0.1, 0.15) is 0 Å². The number of carbonyl (C=O) groups excluding carboxylic acids is 1. The molecule has 2 heteroatoms. The van der Waals surface area contributed by atoms with E-state index in [1.165, 1.54) is 25.7 Å². The van der Waals surface area contributed by atoms with Crippen molar-refractivity contribution in [1.82, 2.24) is 5.32 Å². The smallest absolute Gasteiger partial charge is 0.220 e. The summed E-state index contributed by atoms with van der Waals surface area (Å²) in [6, 6.07) is 0. The summed E-state index contributed by atoms with van der Waals surface area (Å²) in [5, 5.41) is 2.98. The van der Waals surface area contributed by atoms with E-state index in [1.54, 1.807) is 0 Å². The molecule has 1 saturated heterocycles. The van der Waals surface area contributed by atoms with Gasteiger partial charge in [-0.3, -0.25) is 4.79 Å². The van der Waals surface area contributed by atoms with Gasteiger partial charge in [0, 0.05) is 13.0 Å². The zero-order valence-corrected chi connectivity index (χ0v) is 7.31. The molecule has 2 unspecified atom stereocenters. The second-order valence-corrected chi connectivity index (χ2v) is 4.96. The SMILES string of the molecule is O=C1CC2(CN1)CC1CCC1C2. The first-order valence-corrected chi connectivity index (χ1v) is 5.04. The molecule has 2 aliphatic carbocycles. The summed E-state index contributed by atoms with van der Waals surface area (Å²) >= 11 is 0. The number of hydrogen-bond acceptors (Lipinski definition) is 1. The van der Waals surface area contributed by atoms with Crippen LogP contribution >= 0.6 is 0 Å². The molecule has 0 aromatic rings. The minimum Gasteiger partial charge on any atom is -0.356 e.